The second-order valence-corrected chi connectivity index (χ2v) is 5.67. The van der Waals surface area contributed by atoms with Gasteiger partial charge in [0.2, 0.25) is 0 Å². The van der Waals surface area contributed by atoms with E-state index in [1.54, 1.807) is 0 Å². The number of aldehydes is 1. The highest BCUT2D eigenvalue weighted by molar-refractivity contribution is 9.12. The summed E-state index contributed by atoms with van der Waals surface area (Å²) in [6, 6.07) is 9.84. The van der Waals surface area contributed by atoms with E-state index in [4.69, 9.17) is 0 Å². The zero-order chi connectivity index (χ0) is 9.90. The van der Waals surface area contributed by atoms with Crippen molar-refractivity contribution in [2.75, 3.05) is 0 Å². The number of alkyl halides is 2. The molecule has 1 rings (SSSR count). The van der Waals surface area contributed by atoms with Gasteiger partial charge >= 0.3 is 0 Å². The summed E-state index contributed by atoms with van der Waals surface area (Å²) in [6.07, 6.45) is 0.902. The Morgan fingerprint density at radius 3 is 2.38 bits per heavy atom. The Morgan fingerprint density at radius 2 is 1.92 bits per heavy atom. The zero-order valence-electron chi connectivity index (χ0n) is 7.21. The van der Waals surface area contributed by atoms with Crippen molar-refractivity contribution in [3.05, 3.63) is 35.9 Å². The number of carbonyl (C=O) groups is 1. The van der Waals surface area contributed by atoms with Gasteiger partial charge in [-0.3, -0.25) is 0 Å². The fourth-order valence-electron chi connectivity index (χ4n) is 1.01. The van der Waals surface area contributed by atoms with Crippen LogP contribution in [0.2, 0.25) is 0 Å². The number of hydrogen-bond donors (Lipinski definition) is 0. The van der Waals surface area contributed by atoms with Crippen molar-refractivity contribution in [1.29, 1.82) is 0 Å². The maximum Gasteiger partial charge on any atom is 0.137 e. The molecule has 13 heavy (non-hydrogen) atoms. The number of rotatable bonds is 3. The first-order valence-electron chi connectivity index (χ1n) is 3.92. The monoisotopic (exact) mass is 304 g/mol. The second-order valence-electron chi connectivity index (χ2n) is 3.04. The normalized spacial score (nSPS) is 17.5. The van der Waals surface area contributed by atoms with Gasteiger partial charge in [-0.05, 0) is 12.5 Å². The lowest BCUT2D eigenvalue weighted by Crippen LogP contribution is -2.23. The van der Waals surface area contributed by atoms with Crippen molar-refractivity contribution in [2.24, 2.45) is 0 Å². The van der Waals surface area contributed by atoms with Gasteiger partial charge in [0.1, 0.15) is 6.29 Å². The van der Waals surface area contributed by atoms with Crippen LogP contribution in [0.5, 0.6) is 0 Å². The molecule has 0 aliphatic heterocycles. The van der Waals surface area contributed by atoms with Crippen LogP contribution >= 0.6 is 31.9 Å². The SMILES string of the molecule is C[C@@](Br)(C=O)[C@@H](Br)c1ccccc1. The van der Waals surface area contributed by atoms with Crippen LogP contribution in [0.1, 0.15) is 17.3 Å². The van der Waals surface area contributed by atoms with Crippen molar-refractivity contribution >= 4 is 38.1 Å². The fraction of sp³-hybridized carbons (Fsp3) is 0.300. The zero-order valence-corrected chi connectivity index (χ0v) is 10.4. The van der Waals surface area contributed by atoms with Crippen LogP contribution in [0.4, 0.5) is 0 Å². The van der Waals surface area contributed by atoms with Gasteiger partial charge < -0.3 is 4.79 Å². The Morgan fingerprint density at radius 1 is 1.38 bits per heavy atom. The first kappa shape index (κ1) is 10.9. The minimum absolute atomic E-state index is 0.00120. The molecule has 0 saturated heterocycles. The first-order chi connectivity index (χ1) is 6.08. The standard InChI is InChI=1S/C10H10Br2O/c1-10(12,7-13)9(11)8-5-3-2-4-6-8/h2-7,9H,1H3/t9-,10+/m0/s1. The molecule has 0 saturated carbocycles. The van der Waals surface area contributed by atoms with Gasteiger partial charge in [0.25, 0.3) is 0 Å². The molecule has 1 aromatic rings. The molecule has 3 heteroatoms. The van der Waals surface area contributed by atoms with E-state index >= 15 is 0 Å². The second kappa shape index (κ2) is 4.38. The molecule has 0 aliphatic rings. The molecule has 2 atom stereocenters. The third kappa shape index (κ3) is 2.64. The van der Waals surface area contributed by atoms with Gasteiger partial charge in [0.05, 0.1) is 9.15 Å². The molecule has 0 unspecified atom stereocenters. The fourth-order valence-corrected chi connectivity index (χ4v) is 1.69. The molecule has 0 fully saturated rings. The summed E-state index contributed by atoms with van der Waals surface area (Å²) in [7, 11) is 0. The molecule has 0 spiro atoms. The summed E-state index contributed by atoms with van der Waals surface area (Å²) < 4.78 is -0.547. The van der Waals surface area contributed by atoms with Gasteiger partial charge in [0.15, 0.2) is 0 Å². The molecule has 0 heterocycles. The summed E-state index contributed by atoms with van der Waals surface area (Å²) >= 11 is 6.86. The van der Waals surface area contributed by atoms with Gasteiger partial charge in [-0.2, -0.15) is 0 Å². The lowest BCUT2D eigenvalue weighted by Gasteiger charge is -2.22. The molecule has 0 amide bonds. The van der Waals surface area contributed by atoms with Crippen molar-refractivity contribution in [2.45, 2.75) is 16.1 Å². The summed E-state index contributed by atoms with van der Waals surface area (Å²) in [5.74, 6) is 0. The lowest BCUT2D eigenvalue weighted by atomic mass is 10.0. The predicted molar refractivity (Wildman–Crippen MR) is 61.5 cm³/mol. The maximum atomic E-state index is 10.8. The highest BCUT2D eigenvalue weighted by Gasteiger charge is 2.30. The average Bonchev–Trinajstić information content (AvgIpc) is 2.18. The smallest absolute Gasteiger partial charge is 0.137 e. The van der Waals surface area contributed by atoms with E-state index in [-0.39, 0.29) is 4.83 Å². The molecular weight excluding hydrogens is 296 g/mol. The summed E-state index contributed by atoms with van der Waals surface area (Å²) in [5.41, 5.74) is 1.09. The van der Waals surface area contributed by atoms with E-state index in [9.17, 15) is 4.79 Å². The van der Waals surface area contributed by atoms with Crippen LogP contribution in [-0.2, 0) is 4.79 Å². The maximum absolute atomic E-state index is 10.8. The van der Waals surface area contributed by atoms with E-state index < -0.39 is 4.32 Å². The van der Waals surface area contributed by atoms with E-state index in [1.165, 1.54) is 0 Å². The Kier molecular flexibility index (Phi) is 3.68. The van der Waals surface area contributed by atoms with Crippen molar-refractivity contribution < 1.29 is 4.79 Å². The van der Waals surface area contributed by atoms with Gasteiger partial charge in [-0.1, -0.05) is 62.2 Å². The van der Waals surface area contributed by atoms with Gasteiger partial charge in [-0.15, -0.1) is 0 Å². The molecule has 70 valence electrons. The lowest BCUT2D eigenvalue weighted by molar-refractivity contribution is -0.109. The topological polar surface area (TPSA) is 17.1 Å². The highest BCUT2D eigenvalue weighted by Crippen LogP contribution is 2.38. The first-order valence-corrected chi connectivity index (χ1v) is 5.63. The molecular formula is C10H10Br2O. The van der Waals surface area contributed by atoms with Crippen LogP contribution in [0.25, 0.3) is 0 Å². The predicted octanol–water partition coefficient (Wildman–Crippen LogP) is 3.48. The Hall–Kier alpha value is -0.150. The van der Waals surface area contributed by atoms with Crippen LogP contribution in [0.15, 0.2) is 30.3 Å². The third-order valence-corrected chi connectivity index (χ3v) is 4.56. The summed E-state index contributed by atoms with van der Waals surface area (Å²) in [6.45, 7) is 1.84. The van der Waals surface area contributed by atoms with Crippen LogP contribution < -0.4 is 0 Å². The van der Waals surface area contributed by atoms with Crippen LogP contribution in [0.3, 0.4) is 0 Å². The molecule has 0 bridgehead atoms. The number of carbonyl (C=O) groups excluding carboxylic acids is 1. The van der Waals surface area contributed by atoms with Crippen LogP contribution in [-0.4, -0.2) is 10.6 Å². The van der Waals surface area contributed by atoms with Crippen LogP contribution in [0, 0.1) is 0 Å². The molecule has 0 radical (unpaired) electrons. The highest BCUT2D eigenvalue weighted by atomic mass is 79.9. The largest absolute Gasteiger partial charge is 0.302 e. The van der Waals surface area contributed by atoms with E-state index in [0.29, 0.717) is 0 Å². The Labute approximate surface area is 94.8 Å². The quantitative estimate of drug-likeness (QED) is 0.617. The molecule has 1 aromatic carbocycles. The molecule has 0 aliphatic carbocycles. The van der Waals surface area contributed by atoms with E-state index in [0.717, 1.165) is 11.8 Å². The summed E-state index contributed by atoms with van der Waals surface area (Å²) in [5, 5.41) is 0. The van der Waals surface area contributed by atoms with Gasteiger partial charge in [-0.25, -0.2) is 0 Å². The summed E-state index contributed by atoms with van der Waals surface area (Å²) in [4.78, 5) is 10.8. The number of hydrogen-bond acceptors (Lipinski definition) is 1. The third-order valence-electron chi connectivity index (χ3n) is 1.82. The number of halogens is 2. The van der Waals surface area contributed by atoms with Crippen molar-refractivity contribution in [3.8, 4) is 0 Å². The Bertz CT molecular complexity index is 282. The minimum atomic E-state index is -0.547. The van der Waals surface area contributed by atoms with E-state index in [1.807, 2.05) is 37.3 Å². The molecule has 1 nitrogen and oxygen atoms in total. The van der Waals surface area contributed by atoms with E-state index in [2.05, 4.69) is 31.9 Å². The number of benzene rings is 1. The van der Waals surface area contributed by atoms with Gasteiger partial charge in [0, 0.05) is 0 Å². The average molecular weight is 306 g/mol. The molecule has 0 N–H and O–H groups in total. The van der Waals surface area contributed by atoms with Crippen molar-refractivity contribution in [3.63, 3.8) is 0 Å². The molecule has 0 aromatic heterocycles. The minimum Gasteiger partial charge on any atom is -0.302 e. The Balaban J connectivity index is 2.91. The van der Waals surface area contributed by atoms with Crippen molar-refractivity contribution in [1.82, 2.24) is 0 Å².